The van der Waals surface area contributed by atoms with Gasteiger partial charge >= 0.3 is 17.9 Å². The fraction of sp³-hybridized carbons (Fsp3) is 0.500. The summed E-state index contributed by atoms with van der Waals surface area (Å²) in [5.41, 5.74) is 0. The van der Waals surface area contributed by atoms with Gasteiger partial charge in [0.15, 0.2) is 0 Å². The second-order valence-corrected chi connectivity index (χ2v) is 2.87. The Morgan fingerprint density at radius 1 is 1.12 bits per heavy atom. The van der Waals surface area contributed by atoms with Gasteiger partial charge in [0.25, 0.3) is 0 Å². The van der Waals surface area contributed by atoms with Crippen molar-refractivity contribution in [1.29, 1.82) is 0 Å². The van der Waals surface area contributed by atoms with E-state index in [9.17, 15) is 14.4 Å². The molecule has 0 fully saturated rings. The number of rotatable bonds is 7. The third kappa shape index (κ3) is 8.74. The van der Waals surface area contributed by atoms with Crippen molar-refractivity contribution in [2.45, 2.75) is 19.3 Å². The average molecular weight is 230 g/mol. The number of methoxy groups -OCH3 is 1. The Balaban J connectivity index is 3.55. The van der Waals surface area contributed by atoms with Crippen LogP contribution in [0.1, 0.15) is 19.3 Å². The Bertz CT molecular complexity index is 281. The van der Waals surface area contributed by atoms with Crippen LogP contribution in [0.15, 0.2) is 12.2 Å². The summed E-state index contributed by atoms with van der Waals surface area (Å²) in [6, 6.07) is 0. The highest BCUT2D eigenvalue weighted by atomic mass is 16.5. The molecule has 1 N–H and O–H groups in total. The van der Waals surface area contributed by atoms with Gasteiger partial charge in [-0.2, -0.15) is 0 Å². The van der Waals surface area contributed by atoms with Gasteiger partial charge in [-0.1, -0.05) is 0 Å². The van der Waals surface area contributed by atoms with Crippen molar-refractivity contribution in [2.75, 3.05) is 13.7 Å². The normalized spacial score (nSPS) is 10.1. The highest BCUT2D eigenvalue weighted by Gasteiger charge is 2.00. The standard InChI is InChI=1S/C10H14O6/c1-15-9(13)5-6-10(14)16-7-3-2-4-8(11)12/h5-6H,2-4,7H2,1H3,(H,11,12)/b6-5+. The molecule has 6 nitrogen and oxygen atoms in total. The summed E-state index contributed by atoms with van der Waals surface area (Å²) in [5.74, 6) is -2.17. The SMILES string of the molecule is COC(=O)/C=C/C(=O)OCCCCC(=O)O. The first-order chi connectivity index (χ1) is 7.56. The molecule has 16 heavy (non-hydrogen) atoms. The van der Waals surface area contributed by atoms with Crippen LogP contribution < -0.4 is 0 Å². The molecular weight excluding hydrogens is 216 g/mol. The predicted octanol–water partition coefficient (Wildman–Crippen LogP) is 0.514. The number of aliphatic carboxylic acids is 1. The van der Waals surface area contributed by atoms with E-state index in [1.54, 1.807) is 0 Å². The summed E-state index contributed by atoms with van der Waals surface area (Å²) in [6.07, 6.45) is 2.89. The zero-order valence-corrected chi connectivity index (χ0v) is 8.97. The van der Waals surface area contributed by atoms with E-state index in [4.69, 9.17) is 9.84 Å². The molecule has 6 heteroatoms. The van der Waals surface area contributed by atoms with Crippen LogP contribution in [-0.4, -0.2) is 36.7 Å². The smallest absolute Gasteiger partial charge is 0.331 e. The van der Waals surface area contributed by atoms with Crippen LogP contribution in [0.5, 0.6) is 0 Å². The minimum absolute atomic E-state index is 0.0511. The van der Waals surface area contributed by atoms with Crippen molar-refractivity contribution in [3.8, 4) is 0 Å². The maximum atomic E-state index is 10.9. The van der Waals surface area contributed by atoms with E-state index in [1.807, 2.05) is 0 Å². The molecule has 0 aliphatic heterocycles. The molecule has 0 spiro atoms. The number of carboxylic acid groups (broad SMARTS) is 1. The first-order valence-corrected chi connectivity index (χ1v) is 4.71. The topological polar surface area (TPSA) is 89.9 Å². The van der Waals surface area contributed by atoms with Crippen LogP contribution in [0.3, 0.4) is 0 Å². The minimum atomic E-state index is -0.878. The zero-order chi connectivity index (χ0) is 12.4. The molecule has 0 rings (SSSR count). The summed E-state index contributed by atoms with van der Waals surface area (Å²) >= 11 is 0. The zero-order valence-electron chi connectivity index (χ0n) is 8.97. The van der Waals surface area contributed by atoms with Crippen molar-refractivity contribution in [3.05, 3.63) is 12.2 Å². The molecule has 0 atom stereocenters. The first kappa shape index (κ1) is 14.2. The quantitative estimate of drug-likeness (QED) is 0.389. The highest BCUT2D eigenvalue weighted by Crippen LogP contribution is 1.96. The molecule has 0 saturated heterocycles. The summed E-state index contributed by atoms with van der Waals surface area (Å²) in [7, 11) is 1.20. The minimum Gasteiger partial charge on any atom is -0.481 e. The average Bonchev–Trinajstić information content (AvgIpc) is 2.24. The number of hydrogen-bond acceptors (Lipinski definition) is 5. The molecule has 0 aromatic carbocycles. The van der Waals surface area contributed by atoms with Gasteiger partial charge in [-0.15, -0.1) is 0 Å². The van der Waals surface area contributed by atoms with Crippen molar-refractivity contribution in [1.82, 2.24) is 0 Å². The highest BCUT2D eigenvalue weighted by molar-refractivity contribution is 5.91. The van der Waals surface area contributed by atoms with E-state index in [0.29, 0.717) is 12.8 Å². The first-order valence-electron chi connectivity index (χ1n) is 4.71. The van der Waals surface area contributed by atoms with Gasteiger partial charge in [-0.05, 0) is 12.8 Å². The van der Waals surface area contributed by atoms with Gasteiger partial charge < -0.3 is 14.6 Å². The number of carbonyl (C=O) groups is 3. The van der Waals surface area contributed by atoms with Crippen molar-refractivity contribution < 1.29 is 29.0 Å². The fourth-order valence-electron chi connectivity index (χ4n) is 0.803. The second kappa shape index (κ2) is 8.46. The summed E-state index contributed by atoms with van der Waals surface area (Å²) < 4.78 is 8.96. The van der Waals surface area contributed by atoms with Crippen LogP contribution in [0.25, 0.3) is 0 Å². The molecule has 0 aliphatic carbocycles. The molecule has 0 aromatic heterocycles. The Morgan fingerprint density at radius 2 is 1.75 bits per heavy atom. The van der Waals surface area contributed by atoms with Gasteiger partial charge in [-0.25, -0.2) is 9.59 Å². The van der Waals surface area contributed by atoms with Crippen LogP contribution in [0.2, 0.25) is 0 Å². The van der Waals surface area contributed by atoms with Gasteiger partial charge in [0.05, 0.1) is 13.7 Å². The number of esters is 2. The van der Waals surface area contributed by atoms with Gasteiger partial charge in [0.2, 0.25) is 0 Å². The molecule has 0 heterocycles. The Morgan fingerprint density at radius 3 is 2.31 bits per heavy atom. The van der Waals surface area contributed by atoms with Crippen LogP contribution in [-0.2, 0) is 23.9 Å². The van der Waals surface area contributed by atoms with E-state index < -0.39 is 17.9 Å². The maximum absolute atomic E-state index is 10.9. The fourth-order valence-corrected chi connectivity index (χ4v) is 0.803. The summed E-state index contributed by atoms with van der Waals surface area (Å²) in [5, 5.41) is 8.32. The maximum Gasteiger partial charge on any atom is 0.331 e. The summed E-state index contributed by atoms with van der Waals surface area (Å²) in [4.78, 5) is 31.6. The molecule has 0 aliphatic rings. The molecule has 0 radical (unpaired) electrons. The Labute approximate surface area is 92.8 Å². The summed E-state index contributed by atoms with van der Waals surface area (Å²) in [6.45, 7) is 0.137. The van der Waals surface area contributed by atoms with E-state index in [2.05, 4.69) is 4.74 Å². The van der Waals surface area contributed by atoms with E-state index in [0.717, 1.165) is 12.2 Å². The number of carbonyl (C=O) groups excluding carboxylic acids is 2. The van der Waals surface area contributed by atoms with E-state index in [1.165, 1.54) is 7.11 Å². The van der Waals surface area contributed by atoms with E-state index in [-0.39, 0.29) is 13.0 Å². The Hall–Kier alpha value is -1.85. The predicted molar refractivity (Wildman–Crippen MR) is 53.6 cm³/mol. The molecule has 90 valence electrons. The Kier molecular flexibility index (Phi) is 7.48. The lowest BCUT2D eigenvalue weighted by Crippen LogP contribution is -2.05. The van der Waals surface area contributed by atoms with Crippen LogP contribution in [0, 0.1) is 0 Å². The molecule has 0 amide bonds. The monoisotopic (exact) mass is 230 g/mol. The lowest BCUT2D eigenvalue weighted by Gasteiger charge is -2.00. The molecule has 0 aromatic rings. The van der Waals surface area contributed by atoms with Gasteiger partial charge in [-0.3, -0.25) is 4.79 Å². The lowest BCUT2D eigenvalue weighted by molar-refractivity contribution is -0.139. The second-order valence-electron chi connectivity index (χ2n) is 2.87. The van der Waals surface area contributed by atoms with Crippen LogP contribution in [0.4, 0.5) is 0 Å². The third-order valence-electron chi connectivity index (χ3n) is 1.59. The number of hydrogen-bond donors (Lipinski definition) is 1. The molecular formula is C10H14O6. The van der Waals surface area contributed by atoms with E-state index >= 15 is 0 Å². The molecule has 0 bridgehead atoms. The van der Waals surface area contributed by atoms with Crippen molar-refractivity contribution in [2.24, 2.45) is 0 Å². The third-order valence-corrected chi connectivity index (χ3v) is 1.59. The molecule has 0 saturated carbocycles. The van der Waals surface area contributed by atoms with Crippen molar-refractivity contribution in [3.63, 3.8) is 0 Å². The van der Waals surface area contributed by atoms with Gasteiger partial charge in [0.1, 0.15) is 0 Å². The largest absolute Gasteiger partial charge is 0.481 e. The lowest BCUT2D eigenvalue weighted by atomic mass is 10.2. The van der Waals surface area contributed by atoms with Gasteiger partial charge in [0, 0.05) is 18.6 Å². The number of carboxylic acids is 1. The van der Waals surface area contributed by atoms with Crippen molar-refractivity contribution >= 4 is 17.9 Å². The van der Waals surface area contributed by atoms with Crippen LogP contribution >= 0.6 is 0 Å². The number of ether oxygens (including phenoxy) is 2. The number of unbranched alkanes of at least 4 members (excludes halogenated alkanes) is 1. The molecule has 0 unspecified atom stereocenters.